The molecule has 0 radical (unpaired) electrons. The van der Waals surface area contributed by atoms with E-state index in [1.54, 1.807) is 13.1 Å². The van der Waals surface area contributed by atoms with Crippen LogP contribution in [0.4, 0.5) is 5.95 Å². The Morgan fingerprint density at radius 2 is 2.12 bits per heavy atom. The first kappa shape index (κ1) is 11.3. The molecule has 1 aromatic heterocycles. The Bertz CT molecular complexity index is 362. The Morgan fingerprint density at radius 3 is 2.69 bits per heavy atom. The molecule has 1 N–H and O–H groups in total. The summed E-state index contributed by atoms with van der Waals surface area (Å²) in [5.74, 6) is 0.727. The van der Waals surface area contributed by atoms with E-state index < -0.39 is 6.10 Å². The van der Waals surface area contributed by atoms with Crippen LogP contribution in [0, 0.1) is 6.92 Å². The lowest BCUT2D eigenvalue weighted by Crippen LogP contribution is -2.37. The summed E-state index contributed by atoms with van der Waals surface area (Å²) in [7, 11) is 0. The lowest BCUT2D eigenvalue weighted by atomic mass is 10.1. The molecule has 0 saturated carbocycles. The minimum Gasteiger partial charge on any atom is -0.389 e. The number of hydrogen-bond acceptors (Lipinski definition) is 5. The quantitative estimate of drug-likeness (QED) is 0.798. The second-order valence-electron chi connectivity index (χ2n) is 3.99. The van der Waals surface area contributed by atoms with Gasteiger partial charge in [-0.3, -0.25) is 0 Å². The molecular weight excluding hydrogens is 206 g/mol. The van der Waals surface area contributed by atoms with Crippen LogP contribution in [-0.4, -0.2) is 41.4 Å². The molecule has 1 aromatic rings. The number of rotatable bonds is 2. The molecule has 1 fully saturated rings. The Kier molecular flexibility index (Phi) is 3.36. The maximum atomic E-state index is 9.49. The van der Waals surface area contributed by atoms with Crippen molar-refractivity contribution < 1.29 is 9.84 Å². The van der Waals surface area contributed by atoms with E-state index in [9.17, 15) is 5.11 Å². The zero-order valence-corrected chi connectivity index (χ0v) is 9.68. The molecule has 0 unspecified atom stereocenters. The Hall–Kier alpha value is -1.20. The third kappa shape index (κ3) is 2.31. The average Bonchev–Trinajstić information content (AvgIpc) is 2.29. The molecule has 5 heteroatoms. The van der Waals surface area contributed by atoms with Crippen LogP contribution in [0.1, 0.15) is 24.3 Å². The van der Waals surface area contributed by atoms with Gasteiger partial charge in [0.25, 0.3) is 0 Å². The van der Waals surface area contributed by atoms with Crippen molar-refractivity contribution in [1.82, 2.24) is 9.97 Å². The van der Waals surface area contributed by atoms with E-state index in [1.807, 2.05) is 6.92 Å². The van der Waals surface area contributed by atoms with E-state index in [2.05, 4.69) is 14.9 Å². The zero-order valence-electron chi connectivity index (χ0n) is 9.68. The summed E-state index contributed by atoms with van der Waals surface area (Å²) in [4.78, 5) is 10.8. The first-order chi connectivity index (χ1) is 7.68. The number of aromatic nitrogens is 2. The number of aliphatic hydroxyl groups excluding tert-OH is 1. The Morgan fingerprint density at radius 1 is 1.44 bits per heavy atom. The highest BCUT2D eigenvalue weighted by molar-refractivity contribution is 5.33. The Balaban J connectivity index is 2.19. The number of morpholine rings is 1. The predicted molar refractivity (Wildman–Crippen MR) is 60.4 cm³/mol. The largest absolute Gasteiger partial charge is 0.389 e. The number of ether oxygens (including phenoxy) is 1. The smallest absolute Gasteiger partial charge is 0.225 e. The van der Waals surface area contributed by atoms with Crippen LogP contribution in [0.3, 0.4) is 0 Å². The van der Waals surface area contributed by atoms with E-state index in [0.717, 1.165) is 43.5 Å². The lowest BCUT2D eigenvalue weighted by molar-refractivity contribution is 0.122. The molecule has 16 heavy (non-hydrogen) atoms. The van der Waals surface area contributed by atoms with Gasteiger partial charge in [0.05, 0.1) is 19.3 Å². The standard InChI is InChI=1S/C11H17N3O2/c1-8-10(9(2)15)7-12-11(13-8)14-3-5-16-6-4-14/h7,9,15H,3-6H2,1-2H3/t9-/m0/s1. The normalized spacial score (nSPS) is 18.6. The van der Waals surface area contributed by atoms with Crippen molar-refractivity contribution >= 4 is 5.95 Å². The van der Waals surface area contributed by atoms with Gasteiger partial charge in [0, 0.05) is 30.5 Å². The fourth-order valence-corrected chi connectivity index (χ4v) is 1.79. The van der Waals surface area contributed by atoms with Crippen molar-refractivity contribution in [3.8, 4) is 0 Å². The minimum absolute atomic E-state index is 0.515. The molecule has 0 bridgehead atoms. The summed E-state index contributed by atoms with van der Waals surface area (Å²) >= 11 is 0. The van der Waals surface area contributed by atoms with Gasteiger partial charge in [0.15, 0.2) is 0 Å². The molecular formula is C11H17N3O2. The molecule has 5 nitrogen and oxygen atoms in total. The van der Waals surface area contributed by atoms with Gasteiger partial charge in [-0.1, -0.05) is 0 Å². The fraction of sp³-hybridized carbons (Fsp3) is 0.636. The molecule has 1 atom stereocenters. The summed E-state index contributed by atoms with van der Waals surface area (Å²) in [5.41, 5.74) is 1.63. The van der Waals surface area contributed by atoms with Crippen LogP contribution in [0.5, 0.6) is 0 Å². The van der Waals surface area contributed by atoms with Gasteiger partial charge in [-0.2, -0.15) is 0 Å². The number of aryl methyl sites for hydroxylation is 1. The van der Waals surface area contributed by atoms with Crippen molar-refractivity contribution in [1.29, 1.82) is 0 Å². The van der Waals surface area contributed by atoms with E-state index >= 15 is 0 Å². The fourth-order valence-electron chi connectivity index (χ4n) is 1.79. The van der Waals surface area contributed by atoms with E-state index in [0.29, 0.717) is 0 Å². The van der Waals surface area contributed by atoms with Gasteiger partial charge in [-0.15, -0.1) is 0 Å². The summed E-state index contributed by atoms with van der Waals surface area (Å²) < 4.78 is 5.28. The molecule has 2 rings (SSSR count). The van der Waals surface area contributed by atoms with E-state index in [1.165, 1.54) is 0 Å². The Labute approximate surface area is 95.1 Å². The topological polar surface area (TPSA) is 58.5 Å². The summed E-state index contributed by atoms with van der Waals surface area (Å²) in [6, 6.07) is 0. The van der Waals surface area contributed by atoms with E-state index in [4.69, 9.17) is 4.74 Å². The lowest BCUT2D eigenvalue weighted by Gasteiger charge is -2.27. The molecule has 2 heterocycles. The predicted octanol–water partition coefficient (Wildman–Crippen LogP) is 0.675. The van der Waals surface area contributed by atoms with Crippen molar-refractivity contribution in [2.45, 2.75) is 20.0 Å². The number of hydrogen-bond donors (Lipinski definition) is 1. The molecule has 0 spiro atoms. The van der Waals surface area contributed by atoms with Crippen LogP contribution < -0.4 is 4.90 Å². The second-order valence-corrected chi connectivity index (χ2v) is 3.99. The zero-order chi connectivity index (χ0) is 11.5. The van der Waals surface area contributed by atoms with Crippen molar-refractivity contribution in [3.63, 3.8) is 0 Å². The van der Waals surface area contributed by atoms with E-state index in [-0.39, 0.29) is 0 Å². The van der Waals surface area contributed by atoms with Crippen molar-refractivity contribution in [2.75, 3.05) is 31.2 Å². The van der Waals surface area contributed by atoms with Crippen molar-refractivity contribution in [3.05, 3.63) is 17.5 Å². The number of nitrogens with zero attached hydrogens (tertiary/aromatic N) is 3. The van der Waals surface area contributed by atoms with Crippen LogP contribution in [0.25, 0.3) is 0 Å². The highest BCUT2D eigenvalue weighted by Crippen LogP contribution is 2.17. The molecule has 88 valence electrons. The van der Waals surface area contributed by atoms with Gasteiger partial charge in [0.2, 0.25) is 5.95 Å². The SMILES string of the molecule is Cc1nc(N2CCOCC2)ncc1[C@H](C)O. The van der Waals surface area contributed by atoms with Gasteiger partial charge in [0.1, 0.15) is 0 Å². The molecule has 0 amide bonds. The maximum Gasteiger partial charge on any atom is 0.225 e. The molecule has 0 aliphatic carbocycles. The maximum absolute atomic E-state index is 9.49. The minimum atomic E-state index is -0.515. The first-order valence-electron chi connectivity index (χ1n) is 5.53. The van der Waals surface area contributed by atoms with Gasteiger partial charge >= 0.3 is 0 Å². The highest BCUT2D eigenvalue weighted by Gasteiger charge is 2.15. The summed E-state index contributed by atoms with van der Waals surface area (Å²) in [6.07, 6.45) is 1.19. The third-order valence-electron chi connectivity index (χ3n) is 2.75. The van der Waals surface area contributed by atoms with Crippen LogP contribution in [0.15, 0.2) is 6.20 Å². The van der Waals surface area contributed by atoms with Crippen molar-refractivity contribution in [2.24, 2.45) is 0 Å². The number of anilines is 1. The molecule has 0 aromatic carbocycles. The monoisotopic (exact) mass is 223 g/mol. The average molecular weight is 223 g/mol. The number of aliphatic hydroxyl groups is 1. The van der Waals surface area contributed by atoms with Crippen LogP contribution >= 0.6 is 0 Å². The van der Waals surface area contributed by atoms with Crippen LogP contribution in [-0.2, 0) is 4.74 Å². The van der Waals surface area contributed by atoms with Gasteiger partial charge < -0.3 is 14.7 Å². The summed E-state index contributed by atoms with van der Waals surface area (Å²) in [5, 5.41) is 9.49. The van der Waals surface area contributed by atoms with Crippen LogP contribution in [0.2, 0.25) is 0 Å². The first-order valence-corrected chi connectivity index (χ1v) is 5.53. The summed E-state index contributed by atoms with van der Waals surface area (Å²) in [6.45, 7) is 6.72. The molecule has 1 saturated heterocycles. The molecule has 1 aliphatic heterocycles. The third-order valence-corrected chi connectivity index (χ3v) is 2.75. The highest BCUT2D eigenvalue weighted by atomic mass is 16.5. The van der Waals surface area contributed by atoms with Gasteiger partial charge in [-0.05, 0) is 13.8 Å². The van der Waals surface area contributed by atoms with Gasteiger partial charge in [-0.25, -0.2) is 9.97 Å². The molecule has 1 aliphatic rings. The second kappa shape index (κ2) is 4.76.